The van der Waals surface area contributed by atoms with Crippen LogP contribution in [-0.4, -0.2) is 0 Å². The van der Waals surface area contributed by atoms with E-state index in [1.54, 1.807) is 0 Å². The molecule has 0 aliphatic heterocycles. The summed E-state index contributed by atoms with van der Waals surface area (Å²) in [4.78, 5) is 0. The van der Waals surface area contributed by atoms with Crippen LogP contribution >= 0.6 is 27.3 Å². The normalized spacial score (nSPS) is 11.3. The maximum absolute atomic E-state index is 3.59. The first-order valence-electron chi connectivity index (χ1n) is 8.56. The van der Waals surface area contributed by atoms with E-state index in [0.29, 0.717) is 0 Å². The molecule has 26 heavy (non-hydrogen) atoms. The fraction of sp³-hybridized carbons (Fsp3) is 0. The predicted molar refractivity (Wildman–Crippen MR) is 118 cm³/mol. The number of benzene rings is 4. The molecular weight excluding hydrogens is 400 g/mol. The molecule has 1 heterocycles. The predicted octanol–water partition coefficient (Wildman–Crippen LogP) is 8.15. The summed E-state index contributed by atoms with van der Waals surface area (Å²) in [6.45, 7) is 0. The summed E-state index contributed by atoms with van der Waals surface area (Å²) in [6.07, 6.45) is 0. The van der Waals surface area contributed by atoms with Crippen LogP contribution in [0.15, 0.2) is 95.5 Å². The number of hydrogen-bond donors (Lipinski definition) is 0. The molecule has 0 saturated heterocycles. The van der Waals surface area contributed by atoms with Crippen molar-refractivity contribution in [1.29, 1.82) is 0 Å². The number of hydrogen-bond acceptors (Lipinski definition) is 1. The van der Waals surface area contributed by atoms with E-state index in [0.717, 1.165) is 4.47 Å². The largest absolute Gasteiger partial charge is 0.135 e. The lowest BCUT2D eigenvalue weighted by molar-refractivity contribution is 1.60. The van der Waals surface area contributed by atoms with E-state index < -0.39 is 0 Å². The SMILES string of the molecule is Brc1ccc2sc3cc(-c4cccc(-c5ccccc5)c4)ccc3c2c1. The van der Waals surface area contributed by atoms with Gasteiger partial charge in [-0.2, -0.15) is 0 Å². The fourth-order valence-corrected chi connectivity index (χ4v) is 4.92. The number of rotatable bonds is 2. The Morgan fingerprint density at radius 1 is 0.500 bits per heavy atom. The smallest absolute Gasteiger partial charge is 0.0361 e. The third-order valence-electron chi connectivity index (χ3n) is 4.74. The van der Waals surface area contributed by atoms with Gasteiger partial charge in [-0.1, -0.05) is 76.6 Å². The molecule has 0 amide bonds. The molecule has 0 spiro atoms. The maximum Gasteiger partial charge on any atom is 0.0361 e. The minimum Gasteiger partial charge on any atom is -0.135 e. The number of thiophene rings is 1. The first-order chi connectivity index (χ1) is 12.8. The molecule has 0 unspecified atom stereocenters. The van der Waals surface area contributed by atoms with Crippen LogP contribution < -0.4 is 0 Å². The van der Waals surface area contributed by atoms with Crippen LogP contribution in [0.25, 0.3) is 42.4 Å². The molecule has 1 aromatic heterocycles. The summed E-state index contributed by atoms with van der Waals surface area (Å²) < 4.78 is 3.79. The first-order valence-corrected chi connectivity index (χ1v) is 10.2. The molecule has 0 saturated carbocycles. The summed E-state index contributed by atoms with van der Waals surface area (Å²) in [5.41, 5.74) is 5.03. The summed E-state index contributed by atoms with van der Waals surface area (Å²) >= 11 is 5.45. The van der Waals surface area contributed by atoms with Crippen molar-refractivity contribution in [1.82, 2.24) is 0 Å². The maximum atomic E-state index is 3.59. The number of fused-ring (bicyclic) bond motifs is 3. The van der Waals surface area contributed by atoms with Crippen molar-refractivity contribution >= 4 is 47.4 Å². The van der Waals surface area contributed by atoms with Gasteiger partial charge < -0.3 is 0 Å². The molecule has 0 fully saturated rings. The van der Waals surface area contributed by atoms with E-state index in [-0.39, 0.29) is 0 Å². The molecular formula is C24H15BrS. The topological polar surface area (TPSA) is 0 Å². The summed E-state index contributed by atoms with van der Waals surface area (Å²) in [5, 5.41) is 2.65. The van der Waals surface area contributed by atoms with Gasteiger partial charge in [-0.3, -0.25) is 0 Å². The Labute approximate surface area is 164 Å². The second-order valence-corrected chi connectivity index (χ2v) is 8.40. The highest BCUT2D eigenvalue weighted by molar-refractivity contribution is 9.10. The molecule has 5 aromatic rings. The van der Waals surface area contributed by atoms with Gasteiger partial charge in [0, 0.05) is 24.6 Å². The zero-order chi connectivity index (χ0) is 17.5. The highest BCUT2D eigenvalue weighted by atomic mass is 79.9. The van der Waals surface area contributed by atoms with Crippen LogP contribution in [0.5, 0.6) is 0 Å². The van der Waals surface area contributed by atoms with Gasteiger partial charge in [-0.05, 0) is 52.6 Å². The van der Waals surface area contributed by atoms with Crippen molar-refractivity contribution in [2.24, 2.45) is 0 Å². The van der Waals surface area contributed by atoms with Gasteiger partial charge in [0.05, 0.1) is 0 Å². The highest BCUT2D eigenvalue weighted by Gasteiger charge is 2.08. The standard InChI is InChI=1S/C24H15BrS/c25-20-10-12-23-22(15-20)21-11-9-19(14-24(21)26-23)18-8-4-7-17(13-18)16-5-2-1-3-6-16/h1-15H. The van der Waals surface area contributed by atoms with E-state index in [2.05, 4.69) is 107 Å². The average molecular weight is 415 g/mol. The Balaban J connectivity index is 1.64. The Hall–Kier alpha value is -2.42. The van der Waals surface area contributed by atoms with Gasteiger partial charge in [0.15, 0.2) is 0 Å². The van der Waals surface area contributed by atoms with Crippen molar-refractivity contribution < 1.29 is 0 Å². The lowest BCUT2D eigenvalue weighted by Crippen LogP contribution is -1.81. The van der Waals surface area contributed by atoms with E-state index in [9.17, 15) is 0 Å². The van der Waals surface area contributed by atoms with Gasteiger partial charge >= 0.3 is 0 Å². The fourth-order valence-electron chi connectivity index (χ4n) is 3.44. The van der Waals surface area contributed by atoms with E-state index >= 15 is 0 Å². The molecule has 5 rings (SSSR count). The summed E-state index contributed by atoms with van der Waals surface area (Å²) in [6, 6.07) is 32.7. The quantitative estimate of drug-likeness (QED) is 0.273. The number of halogens is 1. The lowest BCUT2D eigenvalue weighted by atomic mass is 9.98. The van der Waals surface area contributed by atoms with Crippen molar-refractivity contribution in [3.05, 3.63) is 95.5 Å². The third kappa shape index (κ3) is 2.76. The summed E-state index contributed by atoms with van der Waals surface area (Å²) in [7, 11) is 0. The van der Waals surface area contributed by atoms with Crippen molar-refractivity contribution in [2.45, 2.75) is 0 Å². The second kappa shape index (κ2) is 6.39. The van der Waals surface area contributed by atoms with Crippen LogP contribution in [0.1, 0.15) is 0 Å². The first kappa shape index (κ1) is 15.8. The van der Waals surface area contributed by atoms with Crippen LogP contribution in [-0.2, 0) is 0 Å². The Kier molecular flexibility index (Phi) is 3.88. The van der Waals surface area contributed by atoms with Gasteiger partial charge in [0.25, 0.3) is 0 Å². The zero-order valence-corrected chi connectivity index (χ0v) is 16.3. The molecule has 0 bridgehead atoms. The molecule has 0 radical (unpaired) electrons. The molecule has 0 aliphatic carbocycles. The van der Waals surface area contributed by atoms with E-state index in [1.165, 1.54) is 42.4 Å². The highest BCUT2D eigenvalue weighted by Crippen LogP contribution is 2.38. The molecule has 4 aromatic carbocycles. The van der Waals surface area contributed by atoms with Gasteiger partial charge in [-0.25, -0.2) is 0 Å². The van der Waals surface area contributed by atoms with E-state index in [4.69, 9.17) is 0 Å². The zero-order valence-electron chi connectivity index (χ0n) is 13.9. The van der Waals surface area contributed by atoms with Crippen molar-refractivity contribution in [2.75, 3.05) is 0 Å². The minimum absolute atomic E-state index is 1.13. The summed E-state index contributed by atoms with van der Waals surface area (Å²) in [5.74, 6) is 0. The van der Waals surface area contributed by atoms with Crippen molar-refractivity contribution in [3.63, 3.8) is 0 Å². The lowest BCUT2D eigenvalue weighted by Gasteiger charge is -2.06. The van der Waals surface area contributed by atoms with Gasteiger partial charge in [-0.15, -0.1) is 11.3 Å². The Morgan fingerprint density at radius 2 is 1.23 bits per heavy atom. The Bertz CT molecular complexity index is 1240. The molecule has 0 atom stereocenters. The van der Waals surface area contributed by atoms with Gasteiger partial charge in [0.2, 0.25) is 0 Å². The minimum atomic E-state index is 1.13. The second-order valence-electron chi connectivity index (χ2n) is 6.40. The van der Waals surface area contributed by atoms with Crippen molar-refractivity contribution in [3.8, 4) is 22.3 Å². The molecule has 0 aliphatic rings. The van der Waals surface area contributed by atoms with Crippen LogP contribution in [0.3, 0.4) is 0 Å². The molecule has 124 valence electrons. The molecule has 2 heteroatoms. The molecule has 0 N–H and O–H groups in total. The van der Waals surface area contributed by atoms with Crippen LogP contribution in [0.2, 0.25) is 0 Å². The monoisotopic (exact) mass is 414 g/mol. The third-order valence-corrected chi connectivity index (χ3v) is 6.36. The Morgan fingerprint density at radius 3 is 2.08 bits per heavy atom. The molecule has 0 nitrogen and oxygen atoms in total. The van der Waals surface area contributed by atoms with Gasteiger partial charge in [0.1, 0.15) is 0 Å². The average Bonchev–Trinajstić information content (AvgIpc) is 3.06. The van der Waals surface area contributed by atoms with Crippen LogP contribution in [0, 0.1) is 0 Å². The van der Waals surface area contributed by atoms with E-state index in [1.807, 2.05) is 11.3 Å². The van der Waals surface area contributed by atoms with Crippen LogP contribution in [0.4, 0.5) is 0 Å².